The van der Waals surface area contributed by atoms with Crippen LogP contribution in [-0.4, -0.2) is 59.5 Å². The molecule has 3 atom stereocenters. The first-order valence-corrected chi connectivity index (χ1v) is 5.51. The molecule has 2 rings (SSSR count). The molecule has 7 heteroatoms. The van der Waals surface area contributed by atoms with Gasteiger partial charge in [-0.3, -0.25) is 19.3 Å². The summed E-state index contributed by atoms with van der Waals surface area (Å²) in [5, 5.41) is 14.6. The third kappa shape index (κ3) is 2.29. The van der Waals surface area contributed by atoms with Gasteiger partial charge in [0.25, 0.3) is 5.91 Å². The van der Waals surface area contributed by atoms with Gasteiger partial charge in [0.15, 0.2) is 0 Å². The molecule has 3 amide bonds. The van der Waals surface area contributed by atoms with Gasteiger partial charge >= 0.3 is 0 Å². The van der Waals surface area contributed by atoms with Crippen molar-refractivity contribution in [2.24, 2.45) is 0 Å². The fourth-order valence-corrected chi connectivity index (χ4v) is 2.06. The molecule has 0 radical (unpaired) electrons. The van der Waals surface area contributed by atoms with Crippen LogP contribution in [0.25, 0.3) is 0 Å². The van der Waals surface area contributed by atoms with Crippen LogP contribution >= 0.6 is 0 Å². The van der Waals surface area contributed by atoms with E-state index in [0.717, 1.165) is 4.90 Å². The second-order valence-electron chi connectivity index (χ2n) is 4.41. The number of hydrogen-bond donors (Lipinski definition) is 3. The highest BCUT2D eigenvalue weighted by Gasteiger charge is 2.38. The van der Waals surface area contributed by atoms with Gasteiger partial charge in [0.2, 0.25) is 11.8 Å². The minimum Gasteiger partial charge on any atom is -0.392 e. The second kappa shape index (κ2) is 4.42. The summed E-state index contributed by atoms with van der Waals surface area (Å²) >= 11 is 0. The van der Waals surface area contributed by atoms with Crippen LogP contribution in [0.4, 0.5) is 0 Å². The minimum absolute atomic E-state index is 0.0103. The molecule has 0 aromatic heterocycles. The Morgan fingerprint density at radius 2 is 2.24 bits per heavy atom. The molecular formula is C10H15N3O4. The second-order valence-corrected chi connectivity index (χ2v) is 4.41. The van der Waals surface area contributed by atoms with Gasteiger partial charge in [0, 0.05) is 13.6 Å². The molecule has 2 saturated heterocycles. The lowest BCUT2D eigenvalue weighted by Crippen LogP contribution is -2.47. The van der Waals surface area contributed by atoms with Crippen molar-refractivity contribution < 1.29 is 19.5 Å². The molecule has 2 aliphatic heterocycles. The number of aliphatic hydroxyl groups is 1. The number of likely N-dealkylation sites (tertiary alicyclic amines) is 1. The Morgan fingerprint density at radius 1 is 1.53 bits per heavy atom. The SMILES string of the molecule is CN1C(=O)CC(NC(=O)C2CC(O)CN2)C1=O. The van der Waals surface area contributed by atoms with E-state index in [1.165, 1.54) is 7.05 Å². The summed E-state index contributed by atoms with van der Waals surface area (Å²) < 4.78 is 0. The highest BCUT2D eigenvalue weighted by Crippen LogP contribution is 2.12. The molecule has 0 saturated carbocycles. The van der Waals surface area contributed by atoms with Crippen molar-refractivity contribution in [3.63, 3.8) is 0 Å². The Labute approximate surface area is 98.2 Å². The topological polar surface area (TPSA) is 98.7 Å². The van der Waals surface area contributed by atoms with E-state index in [9.17, 15) is 19.5 Å². The summed E-state index contributed by atoms with van der Waals surface area (Å²) in [5.74, 6) is -1.02. The number of β-amino-alcohol motifs (C(OH)–C–C–N with tert-alkyl or cyclic N) is 1. The molecule has 0 bridgehead atoms. The fourth-order valence-electron chi connectivity index (χ4n) is 2.06. The standard InChI is InChI=1S/C10H15N3O4/c1-13-8(15)3-7(10(13)17)12-9(16)6-2-5(14)4-11-6/h5-7,11,14H,2-4H2,1H3,(H,12,16). The molecular weight excluding hydrogens is 226 g/mol. The van der Waals surface area contributed by atoms with Gasteiger partial charge in [-0.25, -0.2) is 0 Å². The van der Waals surface area contributed by atoms with Gasteiger partial charge in [-0.15, -0.1) is 0 Å². The third-order valence-electron chi connectivity index (χ3n) is 3.12. The van der Waals surface area contributed by atoms with Crippen LogP contribution in [0.3, 0.4) is 0 Å². The maximum Gasteiger partial charge on any atom is 0.252 e. The van der Waals surface area contributed by atoms with Gasteiger partial charge in [-0.2, -0.15) is 0 Å². The Hall–Kier alpha value is -1.47. The zero-order chi connectivity index (χ0) is 12.6. The largest absolute Gasteiger partial charge is 0.392 e. The maximum atomic E-state index is 11.7. The van der Waals surface area contributed by atoms with E-state index in [4.69, 9.17) is 0 Å². The molecule has 0 spiro atoms. The van der Waals surface area contributed by atoms with Crippen molar-refractivity contribution in [1.29, 1.82) is 0 Å². The van der Waals surface area contributed by atoms with E-state index in [2.05, 4.69) is 10.6 Å². The lowest BCUT2D eigenvalue weighted by Gasteiger charge is -2.14. The van der Waals surface area contributed by atoms with Crippen LogP contribution in [0.15, 0.2) is 0 Å². The number of carbonyl (C=O) groups is 3. The Kier molecular flexibility index (Phi) is 3.12. The van der Waals surface area contributed by atoms with Crippen molar-refractivity contribution in [2.45, 2.75) is 31.0 Å². The van der Waals surface area contributed by atoms with Gasteiger partial charge < -0.3 is 15.7 Å². The Bertz CT molecular complexity index is 371. The Morgan fingerprint density at radius 3 is 2.71 bits per heavy atom. The van der Waals surface area contributed by atoms with Crippen molar-refractivity contribution in [1.82, 2.24) is 15.5 Å². The van der Waals surface area contributed by atoms with Gasteiger partial charge in [0.1, 0.15) is 6.04 Å². The van der Waals surface area contributed by atoms with E-state index in [0.29, 0.717) is 13.0 Å². The van der Waals surface area contributed by atoms with E-state index in [1.54, 1.807) is 0 Å². The van der Waals surface area contributed by atoms with Crippen molar-refractivity contribution in [3.05, 3.63) is 0 Å². The van der Waals surface area contributed by atoms with Crippen LogP contribution in [0, 0.1) is 0 Å². The molecule has 2 heterocycles. The first-order chi connectivity index (χ1) is 7.99. The number of nitrogens with one attached hydrogen (secondary N) is 2. The molecule has 0 aromatic carbocycles. The normalized spacial score (nSPS) is 33.3. The lowest BCUT2D eigenvalue weighted by molar-refractivity contribution is -0.138. The summed E-state index contributed by atoms with van der Waals surface area (Å²) in [4.78, 5) is 35.6. The van der Waals surface area contributed by atoms with Crippen molar-refractivity contribution in [2.75, 3.05) is 13.6 Å². The number of nitrogens with zero attached hydrogens (tertiary/aromatic N) is 1. The van der Waals surface area contributed by atoms with Gasteiger partial charge in [-0.05, 0) is 6.42 Å². The molecule has 7 nitrogen and oxygen atoms in total. The third-order valence-corrected chi connectivity index (χ3v) is 3.12. The monoisotopic (exact) mass is 241 g/mol. The fraction of sp³-hybridized carbons (Fsp3) is 0.700. The number of aliphatic hydroxyl groups excluding tert-OH is 1. The smallest absolute Gasteiger partial charge is 0.252 e. The van der Waals surface area contributed by atoms with Crippen molar-refractivity contribution >= 4 is 17.7 Å². The Balaban J connectivity index is 1.91. The zero-order valence-corrected chi connectivity index (χ0v) is 9.47. The quantitative estimate of drug-likeness (QED) is 0.467. The molecule has 0 aliphatic carbocycles. The highest BCUT2D eigenvalue weighted by atomic mass is 16.3. The van der Waals surface area contributed by atoms with Crippen LogP contribution in [0.2, 0.25) is 0 Å². The molecule has 17 heavy (non-hydrogen) atoms. The number of amides is 3. The average Bonchev–Trinajstić information content (AvgIpc) is 2.80. The number of rotatable bonds is 2. The van der Waals surface area contributed by atoms with E-state index in [1.807, 2.05) is 0 Å². The molecule has 3 N–H and O–H groups in total. The minimum atomic E-state index is -0.764. The van der Waals surface area contributed by atoms with Crippen LogP contribution in [0.1, 0.15) is 12.8 Å². The van der Waals surface area contributed by atoms with Crippen LogP contribution in [-0.2, 0) is 14.4 Å². The van der Waals surface area contributed by atoms with Crippen LogP contribution < -0.4 is 10.6 Å². The van der Waals surface area contributed by atoms with E-state index >= 15 is 0 Å². The first-order valence-electron chi connectivity index (χ1n) is 5.51. The summed E-state index contributed by atoms with van der Waals surface area (Å²) in [6.45, 7) is 0.371. The number of hydrogen-bond acceptors (Lipinski definition) is 5. The molecule has 2 fully saturated rings. The molecule has 0 aromatic rings. The first kappa shape index (κ1) is 12.0. The summed E-state index contributed by atoms with van der Waals surface area (Å²) in [7, 11) is 1.40. The van der Waals surface area contributed by atoms with Crippen molar-refractivity contribution in [3.8, 4) is 0 Å². The number of imide groups is 1. The van der Waals surface area contributed by atoms with E-state index in [-0.39, 0.29) is 24.1 Å². The zero-order valence-electron chi connectivity index (χ0n) is 9.47. The molecule has 94 valence electrons. The number of carbonyl (C=O) groups excluding carboxylic acids is 3. The maximum absolute atomic E-state index is 11.7. The highest BCUT2D eigenvalue weighted by molar-refractivity contribution is 6.06. The lowest BCUT2D eigenvalue weighted by atomic mass is 10.1. The summed E-state index contributed by atoms with van der Waals surface area (Å²) in [6, 6.07) is -1.25. The van der Waals surface area contributed by atoms with Gasteiger partial charge in [0.05, 0.1) is 18.6 Å². The van der Waals surface area contributed by atoms with E-state index < -0.39 is 18.2 Å². The summed E-state index contributed by atoms with van der Waals surface area (Å²) in [6.07, 6.45) is -0.193. The molecule has 2 aliphatic rings. The van der Waals surface area contributed by atoms with Gasteiger partial charge in [-0.1, -0.05) is 0 Å². The number of likely N-dealkylation sites (N-methyl/N-ethyl adjacent to an activating group) is 1. The average molecular weight is 241 g/mol. The summed E-state index contributed by atoms with van der Waals surface area (Å²) in [5.41, 5.74) is 0. The molecule has 3 unspecified atom stereocenters. The predicted octanol–water partition coefficient (Wildman–Crippen LogP) is -2.42. The van der Waals surface area contributed by atoms with Crippen LogP contribution in [0.5, 0.6) is 0 Å². The predicted molar refractivity (Wildman–Crippen MR) is 56.7 cm³/mol.